The third-order valence-electron chi connectivity index (χ3n) is 5.14. The Kier molecular flexibility index (Phi) is 4.90. The van der Waals surface area contributed by atoms with E-state index in [0.29, 0.717) is 37.6 Å². The van der Waals surface area contributed by atoms with Crippen molar-refractivity contribution >= 4 is 23.2 Å². The molecule has 2 amide bonds. The molecule has 2 aliphatic heterocycles. The van der Waals surface area contributed by atoms with E-state index in [2.05, 4.69) is 10.2 Å². The number of nitrogens with zero attached hydrogens (tertiary/aromatic N) is 2. The Morgan fingerprint density at radius 3 is 2.57 bits per heavy atom. The van der Waals surface area contributed by atoms with Crippen LogP contribution >= 0.6 is 0 Å². The quantitative estimate of drug-likeness (QED) is 0.885. The number of ether oxygens (including phenoxy) is 1. The Morgan fingerprint density at radius 2 is 1.86 bits per heavy atom. The molecule has 0 aliphatic carbocycles. The van der Waals surface area contributed by atoms with Gasteiger partial charge >= 0.3 is 0 Å². The number of hydrogen-bond donors (Lipinski definition) is 1. The summed E-state index contributed by atoms with van der Waals surface area (Å²) < 4.78 is 18.8. The molecule has 0 bridgehead atoms. The summed E-state index contributed by atoms with van der Waals surface area (Å²) in [4.78, 5) is 28.8. The van der Waals surface area contributed by atoms with Crippen LogP contribution in [0.25, 0.3) is 0 Å². The van der Waals surface area contributed by atoms with Crippen LogP contribution in [0, 0.1) is 12.7 Å². The molecule has 1 saturated heterocycles. The molecule has 1 atom stereocenters. The lowest BCUT2D eigenvalue weighted by molar-refractivity contribution is -0.137. The molecule has 0 aromatic heterocycles. The third-order valence-corrected chi connectivity index (χ3v) is 5.14. The Morgan fingerprint density at radius 1 is 1.14 bits per heavy atom. The van der Waals surface area contributed by atoms with E-state index < -0.39 is 6.10 Å². The minimum Gasteiger partial charge on any atom is -0.478 e. The second kappa shape index (κ2) is 7.50. The average molecular weight is 383 g/mol. The molecule has 0 radical (unpaired) electrons. The standard InChI is InChI=1S/C21H22FN3O3/c1-14-2-7-18-17(12-14)23-21(27)19(28-18)13-20(26)25-10-8-24(9-11-25)16-5-3-15(22)4-6-16/h2-7,12,19H,8-11,13H2,1H3,(H,23,27). The van der Waals surface area contributed by atoms with Gasteiger partial charge in [-0.15, -0.1) is 0 Å². The van der Waals surface area contributed by atoms with Gasteiger partial charge in [0.05, 0.1) is 12.1 Å². The molecule has 146 valence electrons. The Hall–Kier alpha value is -3.09. The van der Waals surface area contributed by atoms with E-state index in [4.69, 9.17) is 4.74 Å². The molecule has 1 N–H and O–H groups in total. The average Bonchev–Trinajstić information content (AvgIpc) is 2.69. The van der Waals surface area contributed by atoms with Crippen LogP contribution < -0.4 is 15.0 Å². The molecule has 1 fully saturated rings. The van der Waals surface area contributed by atoms with Gasteiger partial charge in [-0.3, -0.25) is 9.59 Å². The maximum absolute atomic E-state index is 13.1. The predicted molar refractivity (Wildman–Crippen MR) is 104 cm³/mol. The summed E-state index contributed by atoms with van der Waals surface area (Å²) in [7, 11) is 0. The summed E-state index contributed by atoms with van der Waals surface area (Å²) in [6.45, 7) is 4.38. The van der Waals surface area contributed by atoms with Crippen LogP contribution in [0.3, 0.4) is 0 Å². The smallest absolute Gasteiger partial charge is 0.266 e. The Balaban J connectivity index is 1.34. The number of carbonyl (C=O) groups excluding carboxylic acids is 2. The van der Waals surface area contributed by atoms with Gasteiger partial charge in [0.1, 0.15) is 11.6 Å². The van der Waals surface area contributed by atoms with Gasteiger partial charge in [-0.05, 0) is 48.9 Å². The fourth-order valence-corrected chi connectivity index (χ4v) is 3.55. The number of piperazine rings is 1. The first-order valence-corrected chi connectivity index (χ1v) is 9.36. The largest absolute Gasteiger partial charge is 0.478 e. The van der Waals surface area contributed by atoms with Crippen molar-refractivity contribution < 1.29 is 18.7 Å². The summed E-state index contributed by atoms with van der Waals surface area (Å²) in [6.07, 6.45) is -0.812. The van der Waals surface area contributed by atoms with Gasteiger partial charge in [-0.25, -0.2) is 4.39 Å². The molecule has 4 rings (SSSR count). The van der Waals surface area contributed by atoms with Crippen molar-refractivity contribution in [1.82, 2.24) is 4.90 Å². The number of hydrogen-bond acceptors (Lipinski definition) is 4. The highest BCUT2D eigenvalue weighted by Gasteiger charge is 2.32. The highest BCUT2D eigenvalue weighted by molar-refractivity contribution is 6.00. The maximum atomic E-state index is 13.1. The lowest BCUT2D eigenvalue weighted by atomic mass is 10.1. The second-order valence-corrected chi connectivity index (χ2v) is 7.14. The van der Waals surface area contributed by atoms with E-state index in [-0.39, 0.29) is 24.1 Å². The maximum Gasteiger partial charge on any atom is 0.266 e. The van der Waals surface area contributed by atoms with Crippen LogP contribution in [0.15, 0.2) is 42.5 Å². The van der Waals surface area contributed by atoms with Crippen molar-refractivity contribution in [3.8, 4) is 5.75 Å². The van der Waals surface area contributed by atoms with Crippen molar-refractivity contribution in [2.75, 3.05) is 36.4 Å². The lowest BCUT2D eigenvalue weighted by Gasteiger charge is -2.37. The van der Waals surface area contributed by atoms with E-state index in [1.807, 2.05) is 25.1 Å². The van der Waals surface area contributed by atoms with E-state index in [1.165, 1.54) is 12.1 Å². The molecular formula is C21H22FN3O3. The Labute approximate surface area is 162 Å². The molecular weight excluding hydrogens is 361 g/mol. The summed E-state index contributed by atoms with van der Waals surface area (Å²) >= 11 is 0. The number of fused-ring (bicyclic) bond motifs is 1. The number of halogens is 1. The van der Waals surface area contributed by atoms with Crippen LogP contribution in [0.4, 0.5) is 15.8 Å². The van der Waals surface area contributed by atoms with E-state index in [0.717, 1.165) is 11.3 Å². The summed E-state index contributed by atoms with van der Waals surface area (Å²) in [5, 5.41) is 2.82. The number of carbonyl (C=O) groups is 2. The topological polar surface area (TPSA) is 61.9 Å². The van der Waals surface area contributed by atoms with Crippen LogP contribution in [-0.2, 0) is 9.59 Å². The van der Waals surface area contributed by atoms with E-state index in [9.17, 15) is 14.0 Å². The molecule has 0 saturated carbocycles. The number of anilines is 2. The van der Waals surface area contributed by atoms with Gasteiger partial charge in [0.25, 0.3) is 5.91 Å². The van der Waals surface area contributed by atoms with Crippen LogP contribution in [0.1, 0.15) is 12.0 Å². The predicted octanol–water partition coefficient (Wildman–Crippen LogP) is 2.57. The zero-order valence-corrected chi connectivity index (χ0v) is 15.7. The minimum atomic E-state index is -0.821. The van der Waals surface area contributed by atoms with Gasteiger partial charge < -0.3 is 19.9 Å². The summed E-state index contributed by atoms with van der Waals surface area (Å²) in [5.41, 5.74) is 2.60. The van der Waals surface area contributed by atoms with Crippen molar-refractivity contribution in [2.45, 2.75) is 19.4 Å². The molecule has 2 heterocycles. The van der Waals surface area contributed by atoms with Gasteiger partial charge in [0, 0.05) is 31.9 Å². The van der Waals surface area contributed by atoms with Crippen LogP contribution in [-0.4, -0.2) is 49.0 Å². The third kappa shape index (κ3) is 3.78. The number of aryl methyl sites for hydroxylation is 1. The van der Waals surface area contributed by atoms with Crippen molar-refractivity contribution in [2.24, 2.45) is 0 Å². The van der Waals surface area contributed by atoms with Gasteiger partial charge in [-0.1, -0.05) is 6.07 Å². The molecule has 6 nitrogen and oxygen atoms in total. The summed E-state index contributed by atoms with van der Waals surface area (Å²) in [5.74, 6) is -0.0740. The van der Waals surface area contributed by atoms with Crippen molar-refractivity contribution in [1.29, 1.82) is 0 Å². The van der Waals surface area contributed by atoms with E-state index in [1.54, 1.807) is 17.0 Å². The molecule has 1 unspecified atom stereocenters. The van der Waals surface area contributed by atoms with Crippen LogP contribution in [0.2, 0.25) is 0 Å². The zero-order chi connectivity index (χ0) is 19.7. The number of rotatable bonds is 3. The highest BCUT2D eigenvalue weighted by atomic mass is 19.1. The van der Waals surface area contributed by atoms with Gasteiger partial charge in [-0.2, -0.15) is 0 Å². The van der Waals surface area contributed by atoms with Crippen LogP contribution in [0.5, 0.6) is 5.75 Å². The molecule has 7 heteroatoms. The fourth-order valence-electron chi connectivity index (χ4n) is 3.55. The minimum absolute atomic E-state index is 0.00962. The van der Waals surface area contributed by atoms with Crippen molar-refractivity contribution in [3.63, 3.8) is 0 Å². The molecule has 0 spiro atoms. The fraction of sp³-hybridized carbons (Fsp3) is 0.333. The van der Waals surface area contributed by atoms with Gasteiger partial charge in [0.15, 0.2) is 6.10 Å². The monoisotopic (exact) mass is 383 g/mol. The molecule has 2 aliphatic rings. The summed E-state index contributed by atoms with van der Waals surface area (Å²) in [6, 6.07) is 11.9. The first-order chi connectivity index (χ1) is 13.5. The SMILES string of the molecule is Cc1ccc2c(c1)NC(=O)C(CC(=O)N1CCN(c3ccc(F)cc3)CC1)O2. The lowest BCUT2D eigenvalue weighted by Crippen LogP contribution is -2.50. The first kappa shape index (κ1) is 18.3. The van der Waals surface area contributed by atoms with E-state index >= 15 is 0 Å². The Bertz CT molecular complexity index is 892. The zero-order valence-electron chi connectivity index (χ0n) is 15.7. The first-order valence-electron chi connectivity index (χ1n) is 9.36. The second-order valence-electron chi connectivity index (χ2n) is 7.14. The normalized spacial score (nSPS) is 18.9. The number of benzene rings is 2. The molecule has 2 aromatic carbocycles. The van der Waals surface area contributed by atoms with Crippen molar-refractivity contribution in [3.05, 3.63) is 53.8 Å². The molecule has 2 aromatic rings. The number of nitrogens with one attached hydrogen (secondary N) is 1. The van der Waals surface area contributed by atoms with Gasteiger partial charge in [0.2, 0.25) is 5.91 Å². The molecule has 28 heavy (non-hydrogen) atoms. The number of amides is 2. The highest BCUT2D eigenvalue weighted by Crippen LogP contribution is 2.31.